The summed E-state index contributed by atoms with van der Waals surface area (Å²) in [5.41, 5.74) is 5.99. The molecule has 0 N–H and O–H groups in total. The quantitative estimate of drug-likeness (QED) is 0.497. The minimum absolute atomic E-state index is 0.279. The predicted octanol–water partition coefficient (Wildman–Crippen LogP) is 5.73. The second kappa shape index (κ2) is 8.00. The Morgan fingerprint density at radius 2 is 1.63 bits per heavy atom. The van der Waals surface area contributed by atoms with Crippen molar-refractivity contribution in [2.24, 2.45) is 0 Å². The maximum absolute atomic E-state index is 13.6. The van der Waals surface area contributed by atoms with Gasteiger partial charge in [0.05, 0.1) is 28.2 Å². The molecule has 0 saturated carbocycles. The van der Waals surface area contributed by atoms with E-state index in [0.717, 1.165) is 33.6 Å². The molecule has 2 amide bonds. The molecule has 0 atom stereocenters. The van der Waals surface area contributed by atoms with Crippen LogP contribution in [0.5, 0.6) is 0 Å². The molecule has 0 radical (unpaired) electrons. The number of furan rings is 1. The number of benzene rings is 2. The van der Waals surface area contributed by atoms with Gasteiger partial charge in [0.1, 0.15) is 5.76 Å². The van der Waals surface area contributed by atoms with Gasteiger partial charge < -0.3 is 4.42 Å². The van der Waals surface area contributed by atoms with Gasteiger partial charge in [-0.3, -0.25) is 9.59 Å². The summed E-state index contributed by atoms with van der Waals surface area (Å²) in [5.74, 6) is 0.686. The summed E-state index contributed by atoms with van der Waals surface area (Å²) in [6, 6.07) is 15.4. The first kappa shape index (κ1) is 20.2. The van der Waals surface area contributed by atoms with E-state index in [2.05, 4.69) is 0 Å². The maximum Gasteiger partial charge on any atom is 0.272 e. The van der Waals surface area contributed by atoms with E-state index in [4.69, 9.17) is 4.42 Å². The largest absolute Gasteiger partial charge is 0.468 e. The minimum atomic E-state index is -0.279. The van der Waals surface area contributed by atoms with Crippen LogP contribution in [0.15, 0.2) is 64.1 Å². The summed E-state index contributed by atoms with van der Waals surface area (Å²) in [5, 5.41) is 0. The molecule has 3 aromatic rings. The normalized spacial score (nSPS) is 14.2. The maximum atomic E-state index is 13.6. The van der Waals surface area contributed by atoms with E-state index in [-0.39, 0.29) is 11.8 Å². The fourth-order valence-corrected chi connectivity index (χ4v) is 4.53. The number of thioether (sulfide) groups is 1. The first-order valence-corrected chi connectivity index (χ1v) is 10.8. The Morgan fingerprint density at radius 3 is 2.33 bits per heavy atom. The summed E-state index contributed by atoms with van der Waals surface area (Å²) < 4.78 is 5.42. The van der Waals surface area contributed by atoms with Crippen LogP contribution in [-0.4, -0.2) is 11.8 Å². The van der Waals surface area contributed by atoms with Crippen LogP contribution in [0.2, 0.25) is 0 Å². The number of carbonyl (C=O) groups excluding carboxylic acids is 2. The molecule has 0 saturated heterocycles. The van der Waals surface area contributed by atoms with Gasteiger partial charge in [0.25, 0.3) is 11.8 Å². The van der Waals surface area contributed by atoms with Crippen molar-refractivity contribution in [3.63, 3.8) is 0 Å². The second-order valence-electron chi connectivity index (χ2n) is 7.61. The van der Waals surface area contributed by atoms with Crippen LogP contribution >= 0.6 is 11.8 Å². The third-order valence-electron chi connectivity index (χ3n) is 5.38. The number of hydrogen-bond acceptors (Lipinski definition) is 4. The lowest BCUT2D eigenvalue weighted by molar-refractivity contribution is -0.119. The Hall–Kier alpha value is -3.05. The number of amides is 2. The molecular formula is C25H23NO3S. The lowest BCUT2D eigenvalue weighted by Crippen LogP contribution is -2.32. The van der Waals surface area contributed by atoms with Crippen molar-refractivity contribution in [3.05, 3.63) is 93.3 Å². The molecule has 0 aliphatic carbocycles. The topological polar surface area (TPSA) is 50.5 Å². The molecular weight excluding hydrogens is 394 g/mol. The zero-order valence-electron chi connectivity index (χ0n) is 17.5. The van der Waals surface area contributed by atoms with Gasteiger partial charge in [0.2, 0.25) is 0 Å². The first-order valence-electron chi connectivity index (χ1n) is 9.80. The van der Waals surface area contributed by atoms with Gasteiger partial charge in [0.15, 0.2) is 0 Å². The van der Waals surface area contributed by atoms with Crippen molar-refractivity contribution in [3.8, 4) is 0 Å². The molecule has 1 aliphatic rings. The Kier molecular flexibility index (Phi) is 5.39. The highest BCUT2D eigenvalue weighted by Gasteiger charge is 2.40. The Morgan fingerprint density at radius 1 is 0.867 bits per heavy atom. The van der Waals surface area contributed by atoms with Gasteiger partial charge in [-0.1, -0.05) is 30.3 Å². The molecule has 4 rings (SSSR count). The van der Waals surface area contributed by atoms with Crippen LogP contribution in [0.3, 0.4) is 0 Å². The zero-order valence-corrected chi connectivity index (χ0v) is 18.3. The number of rotatable bonds is 5. The Bertz CT molecular complexity index is 1180. The molecule has 4 nitrogen and oxygen atoms in total. The summed E-state index contributed by atoms with van der Waals surface area (Å²) in [6.45, 7) is 7.92. The summed E-state index contributed by atoms with van der Waals surface area (Å²) >= 11 is 1.35. The number of nitrogens with zero attached hydrogens (tertiary/aromatic N) is 1. The number of anilines is 1. The van der Waals surface area contributed by atoms with Gasteiger partial charge in [-0.25, -0.2) is 4.90 Å². The number of carbonyl (C=O) groups is 2. The summed E-state index contributed by atoms with van der Waals surface area (Å²) in [6.07, 6.45) is 1.61. The number of hydrogen-bond donors (Lipinski definition) is 0. The minimum Gasteiger partial charge on any atom is -0.468 e. The zero-order chi connectivity index (χ0) is 21.4. The summed E-state index contributed by atoms with van der Waals surface area (Å²) in [7, 11) is 0. The van der Waals surface area contributed by atoms with E-state index < -0.39 is 0 Å². The van der Waals surface area contributed by atoms with Gasteiger partial charge in [-0.15, -0.1) is 11.8 Å². The van der Waals surface area contributed by atoms with Gasteiger partial charge in [-0.2, -0.15) is 0 Å². The van der Waals surface area contributed by atoms with E-state index >= 15 is 0 Å². The highest BCUT2D eigenvalue weighted by atomic mass is 32.2. The van der Waals surface area contributed by atoms with Crippen LogP contribution in [0.4, 0.5) is 5.69 Å². The highest BCUT2D eigenvalue weighted by molar-refractivity contribution is 8.03. The second-order valence-corrected chi connectivity index (χ2v) is 8.59. The SMILES string of the molecule is Cc1ccc(C)c(N2C(=O)C(SCc3ccco3)=C(c3ccc(C)c(C)c3)C2=O)c1. The van der Waals surface area contributed by atoms with Crippen LogP contribution in [0, 0.1) is 27.7 Å². The molecule has 1 aliphatic heterocycles. The van der Waals surface area contributed by atoms with E-state index in [1.807, 2.05) is 76.2 Å². The highest BCUT2D eigenvalue weighted by Crippen LogP contribution is 2.41. The smallest absolute Gasteiger partial charge is 0.272 e. The third kappa shape index (κ3) is 3.61. The van der Waals surface area contributed by atoms with Crippen LogP contribution < -0.4 is 4.90 Å². The molecule has 2 aromatic carbocycles. The van der Waals surface area contributed by atoms with Crippen molar-refractivity contribution < 1.29 is 14.0 Å². The number of aryl methyl sites for hydroxylation is 4. The molecule has 1 aromatic heterocycles. The average Bonchev–Trinajstić information content (AvgIpc) is 3.31. The van der Waals surface area contributed by atoms with Gasteiger partial charge in [-0.05, 0) is 73.7 Å². The fourth-order valence-electron chi connectivity index (χ4n) is 3.51. The fraction of sp³-hybridized carbons (Fsp3) is 0.200. The van der Waals surface area contributed by atoms with Gasteiger partial charge >= 0.3 is 0 Å². The lowest BCUT2D eigenvalue weighted by Gasteiger charge is -2.18. The summed E-state index contributed by atoms with van der Waals surface area (Å²) in [4.78, 5) is 28.8. The monoisotopic (exact) mass is 417 g/mol. The van der Waals surface area contributed by atoms with E-state index in [0.29, 0.717) is 21.9 Å². The lowest BCUT2D eigenvalue weighted by atomic mass is 10.0. The molecule has 2 heterocycles. The van der Waals surface area contributed by atoms with Crippen molar-refractivity contribution in [2.75, 3.05) is 4.90 Å². The van der Waals surface area contributed by atoms with Crippen molar-refractivity contribution >= 4 is 34.8 Å². The average molecular weight is 418 g/mol. The molecule has 5 heteroatoms. The van der Waals surface area contributed by atoms with Gasteiger partial charge in [0, 0.05) is 0 Å². The van der Waals surface area contributed by atoms with E-state index in [1.165, 1.54) is 16.7 Å². The van der Waals surface area contributed by atoms with Crippen LogP contribution in [-0.2, 0) is 15.3 Å². The molecule has 30 heavy (non-hydrogen) atoms. The van der Waals surface area contributed by atoms with E-state index in [9.17, 15) is 9.59 Å². The third-order valence-corrected chi connectivity index (χ3v) is 6.48. The number of imide groups is 1. The molecule has 0 unspecified atom stereocenters. The molecule has 0 fully saturated rings. The van der Waals surface area contributed by atoms with Crippen LogP contribution in [0.1, 0.15) is 33.6 Å². The van der Waals surface area contributed by atoms with Crippen molar-refractivity contribution in [2.45, 2.75) is 33.4 Å². The molecule has 0 spiro atoms. The standard InChI is InChI=1S/C25H23NO3S/c1-15-7-8-17(3)21(12-15)26-24(27)22(19-10-9-16(2)18(4)13-19)23(25(26)28)30-14-20-6-5-11-29-20/h5-13H,14H2,1-4H3. The predicted molar refractivity (Wildman–Crippen MR) is 121 cm³/mol. The molecule has 0 bridgehead atoms. The molecule has 152 valence electrons. The van der Waals surface area contributed by atoms with Crippen LogP contribution in [0.25, 0.3) is 5.57 Å². The van der Waals surface area contributed by atoms with E-state index in [1.54, 1.807) is 6.26 Å². The first-order chi connectivity index (χ1) is 14.4. The van der Waals surface area contributed by atoms with Crippen molar-refractivity contribution in [1.82, 2.24) is 0 Å². The van der Waals surface area contributed by atoms with Crippen molar-refractivity contribution in [1.29, 1.82) is 0 Å². The Balaban J connectivity index is 1.81. The Labute approximate surface area is 180 Å².